The molecule has 0 aromatic carbocycles. The zero-order valence-electron chi connectivity index (χ0n) is 11.7. The summed E-state index contributed by atoms with van der Waals surface area (Å²) in [4.78, 5) is 14.1. The van der Waals surface area contributed by atoms with E-state index in [2.05, 4.69) is 4.72 Å². The van der Waals surface area contributed by atoms with E-state index in [0.717, 1.165) is 0 Å². The molecule has 1 heterocycles. The van der Waals surface area contributed by atoms with Gasteiger partial charge in [0.15, 0.2) is 0 Å². The van der Waals surface area contributed by atoms with Gasteiger partial charge in [0.1, 0.15) is 4.33 Å². The van der Waals surface area contributed by atoms with Crippen LogP contribution in [-0.2, 0) is 14.8 Å². The molecule has 1 saturated carbocycles. The summed E-state index contributed by atoms with van der Waals surface area (Å²) in [6.45, 7) is 4.46. The second-order valence-corrected chi connectivity index (χ2v) is 9.33. The van der Waals surface area contributed by atoms with Gasteiger partial charge in [-0.2, -0.15) is 0 Å². The highest BCUT2D eigenvalue weighted by atomic mass is 35.5. The molecule has 1 unspecified atom stereocenters. The summed E-state index contributed by atoms with van der Waals surface area (Å²) in [6, 6.07) is -0.0900. The van der Waals surface area contributed by atoms with Gasteiger partial charge in [0.2, 0.25) is 15.9 Å². The van der Waals surface area contributed by atoms with Crippen molar-refractivity contribution in [3.8, 4) is 0 Å². The zero-order valence-corrected chi connectivity index (χ0v) is 14.0. The van der Waals surface area contributed by atoms with Gasteiger partial charge < -0.3 is 4.90 Å². The zero-order chi connectivity index (χ0) is 15.2. The quantitative estimate of drug-likeness (QED) is 0.787. The summed E-state index contributed by atoms with van der Waals surface area (Å²) in [7, 11) is -3.19. The van der Waals surface area contributed by atoms with E-state index in [4.69, 9.17) is 23.2 Å². The van der Waals surface area contributed by atoms with Crippen molar-refractivity contribution in [2.45, 2.75) is 43.5 Å². The van der Waals surface area contributed by atoms with Crippen molar-refractivity contribution in [1.82, 2.24) is 9.62 Å². The molecule has 1 N–H and O–H groups in total. The molecule has 1 amide bonds. The lowest BCUT2D eigenvalue weighted by molar-refractivity contribution is -0.137. The third kappa shape index (κ3) is 3.08. The Bertz CT molecular complexity index is 501. The first kappa shape index (κ1) is 16.3. The van der Waals surface area contributed by atoms with Gasteiger partial charge in [-0.1, -0.05) is 0 Å². The summed E-state index contributed by atoms with van der Waals surface area (Å²) >= 11 is 12.0. The normalized spacial score (nSPS) is 30.3. The molecule has 2 fully saturated rings. The number of amides is 1. The molecule has 2 rings (SSSR count). The number of carbonyl (C=O) groups excluding carboxylic acids is 1. The van der Waals surface area contributed by atoms with Crippen LogP contribution in [0.25, 0.3) is 0 Å². The third-order valence-corrected chi connectivity index (χ3v) is 6.79. The molecule has 2 aliphatic rings. The SMILES string of the molecule is CCS(=O)(=O)NC1CCN(C(=O)C2(C)CC2(Cl)Cl)CC1. The number of likely N-dealkylation sites (tertiary alicyclic amines) is 1. The van der Waals surface area contributed by atoms with Crippen LogP contribution in [0.1, 0.15) is 33.1 Å². The predicted octanol–water partition coefficient (Wildman–Crippen LogP) is 1.50. The molecule has 0 aromatic rings. The van der Waals surface area contributed by atoms with Crippen LogP contribution in [0.15, 0.2) is 0 Å². The molecule has 8 heteroatoms. The van der Waals surface area contributed by atoms with Crippen molar-refractivity contribution in [2.24, 2.45) is 5.41 Å². The Balaban J connectivity index is 1.88. The highest BCUT2D eigenvalue weighted by Crippen LogP contribution is 2.64. The second-order valence-electron chi connectivity index (χ2n) is 5.80. The molecule has 116 valence electrons. The first-order valence-corrected chi connectivity index (χ1v) is 9.19. The molecule has 1 aliphatic heterocycles. The average molecular weight is 343 g/mol. The minimum atomic E-state index is -3.19. The Morgan fingerprint density at radius 1 is 1.35 bits per heavy atom. The minimum absolute atomic E-state index is 0.0284. The predicted molar refractivity (Wildman–Crippen MR) is 79.4 cm³/mol. The lowest BCUT2D eigenvalue weighted by atomic mass is 10.0. The molecule has 0 radical (unpaired) electrons. The Hall–Kier alpha value is -0.0400. The summed E-state index contributed by atoms with van der Waals surface area (Å²) < 4.78 is 24.7. The van der Waals surface area contributed by atoms with Gasteiger partial charge in [-0.05, 0) is 33.1 Å². The van der Waals surface area contributed by atoms with Gasteiger partial charge in [0, 0.05) is 19.1 Å². The fourth-order valence-electron chi connectivity index (χ4n) is 2.52. The topological polar surface area (TPSA) is 66.5 Å². The maximum atomic E-state index is 12.4. The van der Waals surface area contributed by atoms with Crippen LogP contribution in [0.5, 0.6) is 0 Å². The molecule has 1 atom stereocenters. The van der Waals surface area contributed by atoms with Crippen molar-refractivity contribution in [1.29, 1.82) is 0 Å². The molecule has 0 aromatic heterocycles. The number of carbonyl (C=O) groups is 1. The maximum absolute atomic E-state index is 12.4. The first-order valence-electron chi connectivity index (χ1n) is 6.78. The van der Waals surface area contributed by atoms with Gasteiger partial charge >= 0.3 is 0 Å². The lowest BCUT2D eigenvalue weighted by Crippen LogP contribution is -2.49. The molecule has 0 spiro atoms. The molecule has 20 heavy (non-hydrogen) atoms. The van der Waals surface area contributed by atoms with E-state index in [1.165, 1.54) is 0 Å². The number of hydrogen-bond donors (Lipinski definition) is 1. The molecular formula is C12H20Cl2N2O3S. The van der Waals surface area contributed by atoms with Crippen LogP contribution >= 0.6 is 23.2 Å². The van der Waals surface area contributed by atoms with Crippen LogP contribution in [0.2, 0.25) is 0 Å². The number of halogens is 2. The van der Waals surface area contributed by atoms with Crippen LogP contribution in [-0.4, -0.2) is 48.4 Å². The first-order chi connectivity index (χ1) is 9.11. The Labute approximate surface area is 130 Å². The van der Waals surface area contributed by atoms with Crippen molar-refractivity contribution in [3.05, 3.63) is 0 Å². The van der Waals surface area contributed by atoms with Crippen molar-refractivity contribution >= 4 is 39.1 Å². The van der Waals surface area contributed by atoms with Crippen LogP contribution < -0.4 is 4.72 Å². The number of hydrogen-bond acceptors (Lipinski definition) is 3. The van der Waals surface area contributed by atoms with Crippen molar-refractivity contribution < 1.29 is 13.2 Å². The number of nitrogens with zero attached hydrogens (tertiary/aromatic N) is 1. The Morgan fingerprint density at radius 3 is 2.25 bits per heavy atom. The second kappa shape index (κ2) is 5.30. The lowest BCUT2D eigenvalue weighted by Gasteiger charge is -2.34. The number of nitrogens with one attached hydrogen (secondary N) is 1. The van der Waals surface area contributed by atoms with Crippen LogP contribution in [0, 0.1) is 5.41 Å². The van der Waals surface area contributed by atoms with Gasteiger partial charge in [0.25, 0.3) is 0 Å². The molecule has 1 saturated heterocycles. The van der Waals surface area contributed by atoms with Crippen LogP contribution in [0.3, 0.4) is 0 Å². The Kier molecular flexibility index (Phi) is 4.33. The summed E-state index contributed by atoms with van der Waals surface area (Å²) in [5, 5.41) is 0. The number of sulfonamides is 1. The van der Waals surface area contributed by atoms with E-state index in [-0.39, 0.29) is 17.7 Å². The fourth-order valence-corrected chi connectivity index (χ4v) is 4.13. The van der Waals surface area contributed by atoms with Gasteiger partial charge in [-0.25, -0.2) is 13.1 Å². The molecule has 0 bridgehead atoms. The summed E-state index contributed by atoms with van der Waals surface area (Å²) in [6.07, 6.45) is 1.72. The van der Waals surface area contributed by atoms with Crippen LogP contribution in [0.4, 0.5) is 0 Å². The van der Waals surface area contributed by atoms with Crippen molar-refractivity contribution in [2.75, 3.05) is 18.8 Å². The van der Waals surface area contributed by atoms with E-state index < -0.39 is 19.8 Å². The average Bonchev–Trinajstić information content (AvgIpc) is 2.89. The highest BCUT2D eigenvalue weighted by molar-refractivity contribution is 7.89. The summed E-state index contributed by atoms with van der Waals surface area (Å²) in [5.41, 5.74) is -0.689. The number of piperidine rings is 1. The minimum Gasteiger partial charge on any atom is -0.342 e. The number of alkyl halides is 2. The van der Waals surface area contributed by atoms with Gasteiger partial charge in [0.05, 0.1) is 11.2 Å². The van der Waals surface area contributed by atoms with E-state index in [1.807, 2.05) is 0 Å². The van der Waals surface area contributed by atoms with E-state index in [0.29, 0.717) is 32.4 Å². The van der Waals surface area contributed by atoms with Crippen molar-refractivity contribution in [3.63, 3.8) is 0 Å². The van der Waals surface area contributed by atoms with E-state index in [1.54, 1.807) is 18.7 Å². The molecule has 1 aliphatic carbocycles. The summed E-state index contributed by atoms with van der Waals surface area (Å²) in [5.74, 6) is 0.0462. The van der Waals surface area contributed by atoms with Gasteiger partial charge in [-0.15, -0.1) is 23.2 Å². The fraction of sp³-hybridized carbons (Fsp3) is 0.917. The van der Waals surface area contributed by atoms with E-state index in [9.17, 15) is 13.2 Å². The largest absolute Gasteiger partial charge is 0.342 e. The molecular weight excluding hydrogens is 323 g/mol. The monoisotopic (exact) mass is 342 g/mol. The maximum Gasteiger partial charge on any atom is 0.231 e. The smallest absolute Gasteiger partial charge is 0.231 e. The van der Waals surface area contributed by atoms with E-state index >= 15 is 0 Å². The highest BCUT2D eigenvalue weighted by Gasteiger charge is 2.68. The standard InChI is InChI=1S/C12H20Cl2N2O3S/c1-3-20(18,19)15-9-4-6-16(7-5-9)10(17)11(2)8-12(11,13)14/h9,15H,3-8H2,1-2H3. The Morgan fingerprint density at radius 2 is 1.85 bits per heavy atom. The molecule has 5 nitrogen and oxygen atoms in total. The third-order valence-electron chi connectivity index (χ3n) is 4.24. The van der Waals surface area contributed by atoms with Gasteiger partial charge in [-0.3, -0.25) is 4.79 Å². The number of rotatable bonds is 4.